The van der Waals surface area contributed by atoms with Crippen molar-refractivity contribution in [1.82, 2.24) is 4.90 Å². The lowest BCUT2D eigenvalue weighted by molar-refractivity contribution is -0.156. The van der Waals surface area contributed by atoms with Gasteiger partial charge in [-0.15, -0.1) is 11.8 Å². The number of nitrogens with zero attached hydrogens (tertiary/aromatic N) is 1. The number of carbonyl (C=O) groups is 1. The van der Waals surface area contributed by atoms with Crippen LogP contribution in [-0.2, 0) is 4.79 Å². The number of likely N-dealkylation sites (tertiary alicyclic amines) is 1. The van der Waals surface area contributed by atoms with Gasteiger partial charge in [0.1, 0.15) is 0 Å². The SMILES string of the molecule is CCCC1(O)CN(C(=O)C2CCCCS2)C1. The van der Waals surface area contributed by atoms with Crippen LogP contribution >= 0.6 is 11.8 Å². The topological polar surface area (TPSA) is 40.5 Å². The van der Waals surface area contributed by atoms with Crippen LogP contribution in [0.4, 0.5) is 0 Å². The van der Waals surface area contributed by atoms with E-state index in [4.69, 9.17) is 0 Å². The molecule has 3 nitrogen and oxygen atoms in total. The van der Waals surface area contributed by atoms with E-state index in [9.17, 15) is 9.90 Å². The van der Waals surface area contributed by atoms with Crippen LogP contribution in [0.5, 0.6) is 0 Å². The molecule has 0 aromatic carbocycles. The minimum atomic E-state index is -0.580. The van der Waals surface area contributed by atoms with Gasteiger partial charge in [0.15, 0.2) is 0 Å². The molecular weight excluding hydrogens is 222 g/mol. The summed E-state index contributed by atoms with van der Waals surface area (Å²) < 4.78 is 0. The van der Waals surface area contributed by atoms with E-state index in [1.807, 2.05) is 4.90 Å². The van der Waals surface area contributed by atoms with E-state index in [0.29, 0.717) is 13.1 Å². The Morgan fingerprint density at radius 3 is 2.81 bits per heavy atom. The van der Waals surface area contributed by atoms with Crippen LogP contribution in [0.2, 0.25) is 0 Å². The van der Waals surface area contributed by atoms with E-state index in [2.05, 4.69) is 6.92 Å². The van der Waals surface area contributed by atoms with Gasteiger partial charge >= 0.3 is 0 Å². The fourth-order valence-electron chi connectivity index (χ4n) is 2.58. The molecule has 0 aromatic rings. The van der Waals surface area contributed by atoms with Crippen molar-refractivity contribution in [2.24, 2.45) is 0 Å². The van der Waals surface area contributed by atoms with Gasteiger partial charge < -0.3 is 10.0 Å². The molecular formula is C12H21NO2S. The number of β-amino-alcohol motifs (C(OH)–C–C–N with tert-alkyl or cyclic N) is 1. The number of hydrogen-bond acceptors (Lipinski definition) is 3. The van der Waals surface area contributed by atoms with Crippen LogP contribution in [0.1, 0.15) is 39.0 Å². The first-order valence-electron chi connectivity index (χ1n) is 6.27. The van der Waals surface area contributed by atoms with Crippen LogP contribution in [0.25, 0.3) is 0 Å². The molecule has 16 heavy (non-hydrogen) atoms. The second-order valence-electron chi connectivity index (χ2n) is 5.02. The van der Waals surface area contributed by atoms with Crippen LogP contribution in [0.15, 0.2) is 0 Å². The van der Waals surface area contributed by atoms with Crippen molar-refractivity contribution in [2.45, 2.75) is 49.9 Å². The minimum Gasteiger partial charge on any atom is -0.386 e. The van der Waals surface area contributed by atoms with Gasteiger partial charge in [-0.3, -0.25) is 4.79 Å². The van der Waals surface area contributed by atoms with Crippen molar-refractivity contribution < 1.29 is 9.90 Å². The normalized spacial score (nSPS) is 28.6. The molecule has 0 radical (unpaired) electrons. The lowest BCUT2D eigenvalue weighted by atomic mass is 9.89. The third kappa shape index (κ3) is 2.54. The standard InChI is InChI=1S/C12H21NO2S/c1-2-6-12(15)8-13(9-12)11(14)10-5-3-4-7-16-10/h10,15H,2-9H2,1H3. The van der Waals surface area contributed by atoms with Gasteiger partial charge in [0.25, 0.3) is 0 Å². The predicted molar refractivity (Wildman–Crippen MR) is 66.5 cm³/mol. The Labute approximate surface area is 102 Å². The van der Waals surface area contributed by atoms with Crippen LogP contribution < -0.4 is 0 Å². The molecule has 0 saturated carbocycles. The van der Waals surface area contributed by atoms with E-state index in [0.717, 1.165) is 25.0 Å². The molecule has 1 atom stereocenters. The molecule has 92 valence electrons. The smallest absolute Gasteiger partial charge is 0.235 e. The summed E-state index contributed by atoms with van der Waals surface area (Å²) in [5.74, 6) is 1.37. The summed E-state index contributed by atoms with van der Waals surface area (Å²) in [5, 5.41) is 10.2. The molecule has 4 heteroatoms. The molecule has 0 spiro atoms. The third-order valence-corrected chi connectivity index (χ3v) is 4.82. The van der Waals surface area contributed by atoms with Crippen LogP contribution in [0, 0.1) is 0 Å². The Morgan fingerprint density at radius 2 is 2.25 bits per heavy atom. The van der Waals surface area contributed by atoms with Gasteiger partial charge in [-0.25, -0.2) is 0 Å². The van der Waals surface area contributed by atoms with E-state index < -0.39 is 5.60 Å². The van der Waals surface area contributed by atoms with Crippen LogP contribution in [0.3, 0.4) is 0 Å². The highest BCUT2D eigenvalue weighted by Crippen LogP contribution is 2.31. The number of thioether (sulfide) groups is 1. The van der Waals surface area contributed by atoms with Gasteiger partial charge in [-0.1, -0.05) is 19.8 Å². The van der Waals surface area contributed by atoms with Gasteiger partial charge in [-0.2, -0.15) is 0 Å². The van der Waals surface area contributed by atoms with Crippen molar-refractivity contribution in [3.8, 4) is 0 Å². The van der Waals surface area contributed by atoms with Crippen molar-refractivity contribution in [3.63, 3.8) is 0 Å². The Bertz CT molecular complexity index is 258. The summed E-state index contributed by atoms with van der Waals surface area (Å²) in [7, 11) is 0. The highest BCUT2D eigenvalue weighted by Gasteiger charge is 2.44. The highest BCUT2D eigenvalue weighted by atomic mass is 32.2. The second-order valence-corrected chi connectivity index (χ2v) is 6.33. The fraction of sp³-hybridized carbons (Fsp3) is 0.917. The average Bonchev–Trinajstić information content (AvgIpc) is 2.26. The van der Waals surface area contributed by atoms with E-state index in [-0.39, 0.29) is 11.2 Å². The Morgan fingerprint density at radius 1 is 1.50 bits per heavy atom. The summed E-state index contributed by atoms with van der Waals surface area (Å²) >= 11 is 1.79. The van der Waals surface area contributed by atoms with Gasteiger partial charge in [0.2, 0.25) is 5.91 Å². The molecule has 1 amide bonds. The molecule has 0 aliphatic carbocycles. The molecule has 0 bridgehead atoms. The van der Waals surface area contributed by atoms with E-state index in [1.165, 1.54) is 12.8 Å². The average molecular weight is 243 g/mol. The van der Waals surface area contributed by atoms with Crippen molar-refractivity contribution in [2.75, 3.05) is 18.8 Å². The molecule has 2 saturated heterocycles. The Hall–Kier alpha value is -0.220. The zero-order valence-electron chi connectivity index (χ0n) is 9.95. The van der Waals surface area contributed by atoms with Crippen molar-refractivity contribution in [1.29, 1.82) is 0 Å². The van der Waals surface area contributed by atoms with Crippen molar-refractivity contribution in [3.05, 3.63) is 0 Å². The number of amides is 1. The molecule has 2 heterocycles. The van der Waals surface area contributed by atoms with Crippen molar-refractivity contribution >= 4 is 17.7 Å². The Kier molecular flexibility index (Phi) is 3.80. The van der Waals surface area contributed by atoms with E-state index in [1.54, 1.807) is 11.8 Å². The maximum atomic E-state index is 12.1. The summed E-state index contributed by atoms with van der Waals surface area (Å²) in [4.78, 5) is 13.9. The van der Waals surface area contributed by atoms with Crippen LogP contribution in [-0.4, -0.2) is 45.6 Å². The zero-order valence-corrected chi connectivity index (χ0v) is 10.8. The number of aliphatic hydroxyl groups is 1. The number of rotatable bonds is 3. The predicted octanol–water partition coefficient (Wildman–Crippen LogP) is 1.65. The first-order chi connectivity index (χ1) is 7.64. The lowest BCUT2D eigenvalue weighted by Crippen LogP contribution is -2.64. The zero-order chi connectivity index (χ0) is 11.6. The molecule has 2 rings (SSSR count). The summed E-state index contributed by atoms with van der Waals surface area (Å²) in [5.41, 5.74) is -0.580. The molecule has 2 aliphatic heterocycles. The minimum absolute atomic E-state index is 0.167. The molecule has 1 N–H and O–H groups in total. The first kappa shape index (κ1) is 12.2. The second kappa shape index (κ2) is 4.96. The summed E-state index contributed by atoms with van der Waals surface area (Å²) in [6, 6.07) is 0. The van der Waals surface area contributed by atoms with Gasteiger partial charge in [0, 0.05) is 0 Å². The maximum Gasteiger partial charge on any atom is 0.235 e. The molecule has 1 unspecified atom stereocenters. The maximum absolute atomic E-state index is 12.1. The molecule has 2 fully saturated rings. The summed E-state index contributed by atoms with van der Waals surface area (Å²) in [6.45, 7) is 3.17. The van der Waals surface area contributed by atoms with Gasteiger partial charge in [-0.05, 0) is 25.0 Å². The van der Waals surface area contributed by atoms with Gasteiger partial charge in [0.05, 0.1) is 23.9 Å². The third-order valence-electron chi connectivity index (χ3n) is 3.45. The highest BCUT2D eigenvalue weighted by molar-refractivity contribution is 8.00. The Balaban J connectivity index is 1.80. The lowest BCUT2D eigenvalue weighted by Gasteiger charge is -2.47. The number of carbonyl (C=O) groups excluding carboxylic acids is 1. The number of hydrogen-bond donors (Lipinski definition) is 1. The molecule has 2 aliphatic rings. The summed E-state index contributed by atoms with van der Waals surface area (Å²) in [6.07, 6.45) is 5.24. The van der Waals surface area contributed by atoms with E-state index >= 15 is 0 Å². The first-order valence-corrected chi connectivity index (χ1v) is 7.32. The largest absolute Gasteiger partial charge is 0.386 e. The molecule has 0 aromatic heterocycles. The quantitative estimate of drug-likeness (QED) is 0.819. The monoisotopic (exact) mass is 243 g/mol. The fourth-order valence-corrected chi connectivity index (χ4v) is 3.86.